The van der Waals surface area contributed by atoms with Gasteiger partial charge in [0.1, 0.15) is 0 Å². The second-order valence-corrected chi connectivity index (χ2v) is 4.88. The van der Waals surface area contributed by atoms with Crippen molar-refractivity contribution in [2.75, 3.05) is 10.6 Å². The Morgan fingerprint density at radius 3 is 2.68 bits per heavy atom. The van der Waals surface area contributed by atoms with Gasteiger partial charge in [-0.05, 0) is 18.2 Å². The Bertz CT molecular complexity index is 681. The van der Waals surface area contributed by atoms with E-state index in [-0.39, 0.29) is 16.5 Å². The summed E-state index contributed by atoms with van der Waals surface area (Å²) < 4.78 is 35.4. The molecule has 0 aliphatic carbocycles. The number of nitrogens with zero attached hydrogens (tertiary/aromatic N) is 1. The average Bonchev–Trinajstić information content (AvgIpc) is 2.80. The third-order valence-electron chi connectivity index (χ3n) is 2.06. The first-order valence-corrected chi connectivity index (χ1v) is 6.45. The first-order chi connectivity index (χ1) is 8.95. The standard InChI is InChI=1S/C10H9N3O5S/c14-10(13-9-4-5-11-18-9)12-7-2-1-3-8(6-7)19(15,16)17/h1-6H,(H2,12,13,14)(H,15,16,17). The fraction of sp³-hybridized carbons (Fsp3) is 0. The van der Waals surface area contributed by atoms with Gasteiger partial charge in [0.2, 0.25) is 5.88 Å². The predicted molar refractivity (Wildman–Crippen MR) is 65.4 cm³/mol. The smallest absolute Gasteiger partial charge is 0.326 e. The molecule has 2 aromatic rings. The van der Waals surface area contributed by atoms with Crippen LogP contribution in [-0.4, -0.2) is 24.2 Å². The van der Waals surface area contributed by atoms with Crippen molar-refractivity contribution in [3.63, 3.8) is 0 Å². The summed E-state index contributed by atoms with van der Waals surface area (Å²) in [4.78, 5) is 11.2. The van der Waals surface area contributed by atoms with Gasteiger partial charge in [-0.1, -0.05) is 11.2 Å². The van der Waals surface area contributed by atoms with Gasteiger partial charge in [0.15, 0.2) is 0 Å². The highest BCUT2D eigenvalue weighted by Gasteiger charge is 2.11. The summed E-state index contributed by atoms with van der Waals surface area (Å²) in [7, 11) is -4.31. The van der Waals surface area contributed by atoms with E-state index in [9.17, 15) is 13.2 Å². The maximum absolute atomic E-state index is 11.5. The lowest BCUT2D eigenvalue weighted by molar-refractivity contribution is 0.261. The molecule has 1 aromatic carbocycles. The van der Waals surface area contributed by atoms with E-state index in [2.05, 4.69) is 20.3 Å². The van der Waals surface area contributed by atoms with Gasteiger partial charge >= 0.3 is 6.03 Å². The van der Waals surface area contributed by atoms with Crippen LogP contribution in [0.2, 0.25) is 0 Å². The molecule has 2 amide bonds. The summed E-state index contributed by atoms with van der Waals surface area (Å²) in [5.41, 5.74) is 0.201. The van der Waals surface area contributed by atoms with Crippen LogP contribution in [-0.2, 0) is 10.1 Å². The van der Waals surface area contributed by atoms with Gasteiger partial charge in [-0.2, -0.15) is 8.42 Å². The van der Waals surface area contributed by atoms with Crippen LogP contribution in [0.25, 0.3) is 0 Å². The second-order valence-electron chi connectivity index (χ2n) is 3.46. The summed E-state index contributed by atoms with van der Waals surface area (Å²) in [6, 6.07) is 5.98. The van der Waals surface area contributed by atoms with Crippen molar-refractivity contribution >= 4 is 27.7 Å². The van der Waals surface area contributed by atoms with E-state index in [0.29, 0.717) is 0 Å². The number of anilines is 2. The van der Waals surface area contributed by atoms with E-state index in [0.717, 1.165) is 6.07 Å². The minimum atomic E-state index is -4.31. The van der Waals surface area contributed by atoms with Crippen molar-refractivity contribution in [2.45, 2.75) is 4.90 Å². The van der Waals surface area contributed by atoms with Crippen LogP contribution < -0.4 is 10.6 Å². The molecular formula is C10H9N3O5S. The number of hydrogen-bond donors (Lipinski definition) is 3. The summed E-state index contributed by atoms with van der Waals surface area (Å²) in [6.07, 6.45) is 1.36. The first-order valence-electron chi connectivity index (χ1n) is 5.01. The summed E-state index contributed by atoms with van der Waals surface area (Å²) in [5.74, 6) is 0.142. The van der Waals surface area contributed by atoms with Gasteiger partial charge in [-0.25, -0.2) is 4.79 Å². The number of carbonyl (C=O) groups is 1. The molecular weight excluding hydrogens is 274 g/mol. The maximum Gasteiger partial charge on any atom is 0.326 e. The highest BCUT2D eigenvalue weighted by Crippen LogP contribution is 2.15. The van der Waals surface area contributed by atoms with Crippen LogP contribution in [0.4, 0.5) is 16.4 Å². The number of amides is 2. The number of nitrogens with one attached hydrogen (secondary N) is 2. The Hall–Kier alpha value is -2.39. The molecule has 0 aliphatic rings. The third kappa shape index (κ3) is 3.53. The molecule has 0 saturated carbocycles. The predicted octanol–water partition coefficient (Wildman–Crippen LogP) is 1.57. The molecule has 8 nitrogen and oxygen atoms in total. The quantitative estimate of drug-likeness (QED) is 0.735. The molecule has 19 heavy (non-hydrogen) atoms. The van der Waals surface area contributed by atoms with E-state index in [1.165, 1.54) is 30.5 Å². The highest BCUT2D eigenvalue weighted by molar-refractivity contribution is 7.85. The first kappa shape index (κ1) is 13.1. The molecule has 0 atom stereocenters. The van der Waals surface area contributed by atoms with E-state index >= 15 is 0 Å². The molecule has 0 fully saturated rings. The average molecular weight is 283 g/mol. The molecule has 1 aromatic heterocycles. The zero-order valence-corrected chi connectivity index (χ0v) is 10.2. The lowest BCUT2D eigenvalue weighted by Gasteiger charge is -2.06. The molecule has 1 heterocycles. The minimum Gasteiger partial charge on any atom is -0.338 e. The number of carbonyl (C=O) groups excluding carboxylic acids is 1. The molecule has 0 saturated heterocycles. The maximum atomic E-state index is 11.5. The normalized spacial score (nSPS) is 11.0. The fourth-order valence-electron chi connectivity index (χ4n) is 1.29. The Kier molecular flexibility index (Phi) is 3.49. The largest absolute Gasteiger partial charge is 0.338 e. The number of hydrogen-bond acceptors (Lipinski definition) is 5. The molecule has 9 heteroatoms. The van der Waals surface area contributed by atoms with E-state index in [4.69, 9.17) is 4.55 Å². The van der Waals surface area contributed by atoms with E-state index < -0.39 is 16.1 Å². The topological polar surface area (TPSA) is 122 Å². The van der Waals surface area contributed by atoms with Gasteiger partial charge in [-0.15, -0.1) is 0 Å². The molecule has 0 aliphatic heterocycles. The van der Waals surface area contributed by atoms with Crippen LogP contribution in [0.3, 0.4) is 0 Å². The Morgan fingerprint density at radius 1 is 1.26 bits per heavy atom. The highest BCUT2D eigenvalue weighted by atomic mass is 32.2. The zero-order valence-electron chi connectivity index (χ0n) is 9.40. The zero-order chi connectivity index (χ0) is 13.9. The van der Waals surface area contributed by atoms with Gasteiger partial charge in [-0.3, -0.25) is 9.87 Å². The Labute approximate surface area is 108 Å². The van der Waals surface area contributed by atoms with E-state index in [1.807, 2.05) is 0 Å². The number of urea groups is 1. The SMILES string of the molecule is O=C(Nc1cccc(S(=O)(=O)O)c1)Nc1ccno1. The number of rotatable bonds is 3. The molecule has 2 rings (SSSR count). The second kappa shape index (κ2) is 5.08. The summed E-state index contributed by atoms with van der Waals surface area (Å²) in [6.45, 7) is 0. The molecule has 0 bridgehead atoms. The van der Waals surface area contributed by atoms with E-state index in [1.54, 1.807) is 0 Å². The van der Waals surface area contributed by atoms with Gasteiger partial charge in [0.05, 0.1) is 11.1 Å². The van der Waals surface area contributed by atoms with Crippen molar-refractivity contribution in [3.05, 3.63) is 36.5 Å². The van der Waals surface area contributed by atoms with Gasteiger partial charge in [0, 0.05) is 11.8 Å². The third-order valence-corrected chi connectivity index (χ3v) is 2.91. The Morgan fingerprint density at radius 2 is 2.05 bits per heavy atom. The molecule has 0 spiro atoms. The van der Waals surface area contributed by atoms with Gasteiger partial charge in [0.25, 0.3) is 10.1 Å². The monoisotopic (exact) mass is 283 g/mol. The van der Waals surface area contributed by atoms with Crippen molar-refractivity contribution in [3.8, 4) is 0 Å². The summed E-state index contributed by atoms with van der Waals surface area (Å²) >= 11 is 0. The minimum absolute atomic E-state index is 0.142. The number of benzene rings is 1. The van der Waals surface area contributed by atoms with Crippen LogP contribution in [0, 0.1) is 0 Å². The Balaban J connectivity index is 2.09. The van der Waals surface area contributed by atoms with Crippen LogP contribution in [0.15, 0.2) is 45.9 Å². The lowest BCUT2D eigenvalue weighted by Crippen LogP contribution is -2.19. The van der Waals surface area contributed by atoms with Crippen LogP contribution in [0.1, 0.15) is 0 Å². The van der Waals surface area contributed by atoms with Crippen molar-refractivity contribution in [1.82, 2.24) is 5.16 Å². The van der Waals surface area contributed by atoms with Gasteiger partial charge < -0.3 is 9.84 Å². The molecule has 100 valence electrons. The summed E-state index contributed by atoms with van der Waals surface area (Å²) in [5, 5.41) is 8.12. The van der Waals surface area contributed by atoms with Crippen molar-refractivity contribution < 1.29 is 22.3 Å². The molecule has 0 radical (unpaired) electrons. The number of aromatic nitrogens is 1. The molecule has 3 N–H and O–H groups in total. The van der Waals surface area contributed by atoms with Crippen LogP contribution in [0.5, 0.6) is 0 Å². The van der Waals surface area contributed by atoms with Crippen molar-refractivity contribution in [1.29, 1.82) is 0 Å². The lowest BCUT2D eigenvalue weighted by atomic mass is 10.3. The molecule has 0 unspecified atom stereocenters. The van der Waals surface area contributed by atoms with Crippen molar-refractivity contribution in [2.24, 2.45) is 0 Å². The fourth-order valence-corrected chi connectivity index (χ4v) is 1.82. The van der Waals surface area contributed by atoms with Crippen LogP contribution >= 0.6 is 0 Å².